The van der Waals surface area contributed by atoms with E-state index in [2.05, 4.69) is 4.90 Å². The third-order valence-electron chi connectivity index (χ3n) is 6.49. The van der Waals surface area contributed by atoms with Crippen molar-refractivity contribution in [2.75, 3.05) is 31.6 Å². The molecule has 2 saturated heterocycles. The number of hydrogen-bond donors (Lipinski definition) is 1. The molecule has 2 fully saturated rings. The lowest BCUT2D eigenvalue weighted by molar-refractivity contribution is -0.116. The molecule has 0 unspecified atom stereocenters. The number of β-amino-alcohol motifs (C(OH)–C–C–N with tert-alkyl or cyclic N) is 1. The van der Waals surface area contributed by atoms with Crippen LogP contribution in [0.1, 0.15) is 23.7 Å². The zero-order chi connectivity index (χ0) is 23.4. The number of nitrogens with zero attached hydrogens (tertiary/aromatic N) is 3. The van der Waals surface area contributed by atoms with Crippen LogP contribution in [0, 0.1) is 5.82 Å². The Kier molecular flexibility index (Phi) is 5.73. The third kappa shape index (κ3) is 3.95. The lowest BCUT2D eigenvalue weighted by atomic mass is 10.1. The fourth-order valence-corrected chi connectivity index (χ4v) is 5.25. The van der Waals surface area contributed by atoms with Gasteiger partial charge in [0.2, 0.25) is 0 Å². The van der Waals surface area contributed by atoms with Crippen LogP contribution in [0.25, 0.3) is 0 Å². The molecule has 1 N–H and O–H groups in total. The molecule has 2 aromatic rings. The second-order valence-electron chi connectivity index (χ2n) is 8.69. The summed E-state index contributed by atoms with van der Waals surface area (Å²) in [6, 6.07) is 7.01. The Morgan fingerprint density at radius 2 is 1.97 bits per heavy atom. The molecule has 10 heteroatoms. The Hall–Kier alpha value is -2.39. The highest BCUT2D eigenvalue weighted by Gasteiger charge is 2.42. The lowest BCUT2D eigenvalue weighted by Gasteiger charge is -2.30. The van der Waals surface area contributed by atoms with E-state index in [0.717, 1.165) is 4.90 Å². The highest BCUT2D eigenvalue weighted by molar-refractivity contribution is 6.32. The molecule has 33 heavy (non-hydrogen) atoms. The number of halogens is 3. The number of rotatable bonds is 4. The Bertz CT molecular complexity index is 1150. The van der Waals surface area contributed by atoms with E-state index in [-0.39, 0.29) is 29.3 Å². The van der Waals surface area contributed by atoms with Crippen molar-refractivity contribution in [1.82, 2.24) is 9.80 Å². The second kappa shape index (κ2) is 8.43. The van der Waals surface area contributed by atoms with E-state index in [4.69, 9.17) is 27.9 Å². The van der Waals surface area contributed by atoms with Crippen LogP contribution in [0.15, 0.2) is 30.3 Å². The summed E-state index contributed by atoms with van der Waals surface area (Å²) in [5.74, 6) is -0.475. The number of fused-ring (bicyclic) bond motifs is 1. The van der Waals surface area contributed by atoms with Crippen molar-refractivity contribution >= 4 is 40.8 Å². The molecule has 2 aliphatic heterocycles. The molecule has 2 aromatic carbocycles. The number of imide groups is 1. The van der Waals surface area contributed by atoms with Crippen LogP contribution in [0.4, 0.5) is 14.9 Å². The van der Waals surface area contributed by atoms with Gasteiger partial charge in [0.1, 0.15) is 24.2 Å². The molecule has 0 bridgehead atoms. The van der Waals surface area contributed by atoms with Crippen LogP contribution in [-0.4, -0.2) is 65.7 Å². The molecule has 0 saturated carbocycles. The maximum absolute atomic E-state index is 14.8. The van der Waals surface area contributed by atoms with E-state index in [9.17, 15) is 19.1 Å². The maximum Gasteiger partial charge on any atom is 0.331 e. The van der Waals surface area contributed by atoms with Crippen LogP contribution >= 0.6 is 23.2 Å². The van der Waals surface area contributed by atoms with Crippen LogP contribution in [0.5, 0.6) is 5.75 Å². The van der Waals surface area contributed by atoms with E-state index in [0.29, 0.717) is 47.8 Å². The first-order chi connectivity index (χ1) is 15.7. The minimum atomic E-state index is -0.598. The number of benzene rings is 2. The molecule has 0 spiro atoms. The lowest BCUT2D eigenvalue weighted by Crippen LogP contribution is -2.39. The zero-order valence-electron chi connectivity index (χ0n) is 17.8. The maximum atomic E-state index is 14.8. The largest absolute Gasteiger partial charge is 0.482 e. The van der Waals surface area contributed by atoms with E-state index >= 15 is 0 Å². The van der Waals surface area contributed by atoms with Crippen molar-refractivity contribution in [2.45, 2.75) is 31.1 Å². The first-order valence-corrected chi connectivity index (χ1v) is 11.4. The average Bonchev–Trinajstić information content (AvgIpc) is 3.41. The Morgan fingerprint density at radius 1 is 1.18 bits per heavy atom. The van der Waals surface area contributed by atoms with Gasteiger partial charge in [0.25, 0.3) is 5.91 Å². The van der Waals surface area contributed by atoms with Crippen molar-refractivity contribution < 1.29 is 23.8 Å². The van der Waals surface area contributed by atoms with Crippen molar-refractivity contribution in [3.63, 3.8) is 0 Å². The highest BCUT2D eigenvalue weighted by Crippen LogP contribution is 2.43. The minimum absolute atomic E-state index is 0.00914. The number of carbonyl (C=O) groups is 2. The molecule has 3 aliphatic rings. The van der Waals surface area contributed by atoms with Gasteiger partial charge in [0.15, 0.2) is 0 Å². The molecular weight excluding hydrogens is 472 g/mol. The molecule has 2 heterocycles. The fourth-order valence-electron chi connectivity index (χ4n) is 4.88. The molecular formula is C23H22Cl2FN3O4. The number of likely N-dealkylation sites (N-methyl/N-ethyl adjacent to an activating group) is 1. The van der Waals surface area contributed by atoms with Gasteiger partial charge in [-0.3, -0.25) is 9.69 Å². The van der Waals surface area contributed by atoms with Crippen molar-refractivity contribution in [2.24, 2.45) is 0 Å². The molecule has 5 rings (SSSR count). The summed E-state index contributed by atoms with van der Waals surface area (Å²) in [4.78, 5) is 29.2. The van der Waals surface area contributed by atoms with E-state index < -0.39 is 24.1 Å². The topological polar surface area (TPSA) is 73.3 Å². The quantitative estimate of drug-likeness (QED) is 0.658. The summed E-state index contributed by atoms with van der Waals surface area (Å²) < 4.78 is 21.1. The Balaban J connectivity index is 1.51. The predicted octanol–water partition coefficient (Wildman–Crippen LogP) is 3.64. The first kappa shape index (κ1) is 22.4. The van der Waals surface area contributed by atoms with Gasteiger partial charge >= 0.3 is 6.03 Å². The summed E-state index contributed by atoms with van der Waals surface area (Å²) in [5, 5.41) is 10.6. The number of likely N-dealkylation sites (tertiary alicyclic amines) is 1. The standard InChI is InChI=1S/C23H22Cl2FN3O4/c1-27-11-21(31)29(23(27)32)13-2-3-17(25)20(8-13)33-22-16-6-12(24)7-18(26)15(16)9-19(22)28-5-4-14(30)10-28/h2-3,6-8,14,19,22,30H,4-5,9-11H2,1H3/t14-,19-,22+/m1/s1. The SMILES string of the molecule is CN1CC(=O)N(c2ccc(Cl)c(O[C@H]3c4cc(Cl)cc(F)c4C[C@H]3N3CC[C@@H](O)C3)c2)C1=O. The normalized spacial score (nSPS) is 25.3. The Morgan fingerprint density at radius 3 is 2.64 bits per heavy atom. The van der Waals surface area contributed by atoms with Gasteiger partial charge < -0.3 is 14.7 Å². The minimum Gasteiger partial charge on any atom is -0.482 e. The van der Waals surface area contributed by atoms with Crippen molar-refractivity contribution in [3.05, 3.63) is 57.3 Å². The van der Waals surface area contributed by atoms with Gasteiger partial charge in [-0.25, -0.2) is 14.1 Å². The van der Waals surface area contributed by atoms with Gasteiger partial charge in [0.05, 0.1) is 22.9 Å². The van der Waals surface area contributed by atoms with Crippen molar-refractivity contribution in [1.29, 1.82) is 0 Å². The number of aliphatic hydroxyl groups excluding tert-OH is 1. The van der Waals surface area contributed by atoms with Gasteiger partial charge in [-0.15, -0.1) is 0 Å². The number of anilines is 1. The van der Waals surface area contributed by atoms with Gasteiger partial charge in [-0.2, -0.15) is 0 Å². The second-order valence-corrected chi connectivity index (χ2v) is 9.53. The van der Waals surface area contributed by atoms with Gasteiger partial charge in [0, 0.05) is 36.8 Å². The first-order valence-electron chi connectivity index (χ1n) is 10.7. The molecule has 1 aliphatic carbocycles. The van der Waals surface area contributed by atoms with E-state index in [1.54, 1.807) is 31.3 Å². The summed E-state index contributed by atoms with van der Waals surface area (Å²) in [5.41, 5.74) is 1.49. The van der Waals surface area contributed by atoms with Gasteiger partial charge in [-0.05, 0) is 42.7 Å². The molecule has 3 amide bonds. The smallest absolute Gasteiger partial charge is 0.331 e. The summed E-state index contributed by atoms with van der Waals surface area (Å²) in [7, 11) is 1.55. The van der Waals surface area contributed by atoms with Crippen LogP contribution in [0.2, 0.25) is 10.0 Å². The van der Waals surface area contributed by atoms with Crippen LogP contribution in [0.3, 0.4) is 0 Å². The van der Waals surface area contributed by atoms with Crippen LogP contribution < -0.4 is 9.64 Å². The summed E-state index contributed by atoms with van der Waals surface area (Å²) in [6.45, 7) is 1.11. The monoisotopic (exact) mass is 493 g/mol. The van der Waals surface area contributed by atoms with Crippen LogP contribution in [-0.2, 0) is 11.2 Å². The third-order valence-corrected chi connectivity index (χ3v) is 7.02. The van der Waals surface area contributed by atoms with E-state index in [1.165, 1.54) is 11.0 Å². The molecule has 3 atom stereocenters. The zero-order valence-corrected chi connectivity index (χ0v) is 19.3. The number of aliphatic hydroxyl groups is 1. The van der Waals surface area contributed by atoms with E-state index in [1.807, 2.05) is 0 Å². The number of urea groups is 1. The highest BCUT2D eigenvalue weighted by atomic mass is 35.5. The molecule has 174 valence electrons. The number of carbonyl (C=O) groups excluding carboxylic acids is 2. The number of hydrogen-bond acceptors (Lipinski definition) is 5. The Labute approximate surface area is 200 Å². The summed E-state index contributed by atoms with van der Waals surface area (Å²) in [6.07, 6.45) is -0.00931. The summed E-state index contributed by atoms with van der Waals surface area (Å²) >= 11 is 12.6. The predicted molar refractivity (Wildman–Crippen MR) is 121 cm³/mol. The number of amides is 3. The van der Waals surface area contributed by atoms with Gasteiger partial charge in [-0.1, -0.05) is 23.2 Å². The fraction of sp³-hybridized carbons (Fsp3) is 0.391. The van der Waals surface area contributed by atoms with Crippen molar-refractivity contribution in [3.8, 4) is 5.75 Å². The molecule has 0 radical (unpaired) electrons. The molecule has 7 nitrogen and oxygen atoms in total. The molecule has 0 aromatic heterocycles. The average molecular weight is 494 g/mol. The number of ether oxygens (including phenoxy) is 1.